The van der Waals surface area contributed by atoms with E-state index in [1.807, 2.05) is 0 Å². The SMILES string of the molecule is CC(=O)OCC(COC(C)(F)F)OC(=O)C12CC3CC(CC(C3)C1)C2. The number of hydrogen-bond acceptors (Lipinski definition) is 5. The maximum atomic E-state index is 13.0. The molecule has 1 atom stereocenters. The van der Waals surface area contributed by atoms with E-state index in [0.29, 0.717) is 24.7 Å². The summed E-state index contributed by atoms with van der Waals surface area (Å²) in [5.74, 6) is 0.816. The van der Waals surface area contributed by atoms with Crippen molar-refractivity contribution in [2.75, 3.05) is 13.2 Å². The van der Waals surface area contributed by atoms with Crippen LogP contribution < -0.4 is 0 Å². The fourth-order valence-corrected chi connectivity index (χ4v) is 5.20. The molecule has 0 spiro atoms. The Bertz CT molecular complexity index is 493. The third-order valence-corrected chi connectivity index (χ3v) is 5.74. The lowest BCUT2D eigenvalue weighted by Crippen LogP contribution is -2.51. The van der Waals surface area contributed by atoms with E-state index in [-0.39, 0.29) is 12.6 Å². The largest absolute Gasteiger partial charge is 0.462 e. The van der Waals surface area contributed by atoms with Gasteiger partial charge in [0, 0.05) is 13.8 Å². The minimum atomic E-state index is -3.33. The zero-order valence-electron chi connectivity index (χ0n) is 14.8. The zero-order chi connectivity index (χ0) is 18.2. The molecule has 142 valence electrons. The number of halogens is 2. The van der Waals surface area contributed by atoms with Crippen molar-refractivity contribution in [1.29, 1.82) is 0 Å². The highest BCUT2D eigenvalue weighted by molar-refractivity contribution is 5.77. The summed E-state index contributed by atoms with van der Waals surface area (Å²) in [6.45, 7) is 1.06. The summed E-state index contributed by atoms with van der Waals surface area (Å²) in [7, 11) is 0. The lowest BCUT2D eigenvalue weighted by atomic mass is 9.49. The van der Waals surface area contributed by atoms with Gasteiger partial charge in [-0.15, -0.1) is 0 Å². The molecule has 0 amide bonds. The molecule has 7 heteroatoms. The van der Waals surface area contributed by atoms with Gasteiger partial charge in [0.25, 0.3) is 0 Å². The van der Waals surface area contributed by atoms with Crippen LogP contribution in [0.3, 0.4) is 0 Å². The fraction of sp³-hybridized carbons (Fsp3) is 0.889. The van der Waals surface area contributed by atoms with Crippen molar-refractivity contribution < 1.29 is 32.6 Å². The molecule has 25 heavy (non-hydrogen) atoms. The Hall–Kier alpha value is -1.24. The summed E-state index contributed by atoms with van der Waals surface area (Å²) in [5.41, 5.74) is -0.488. The Morgan fingerprint density at radius 2 is 1.60 bits per heavy atom. The molecule has 0 aromatic heterocycles. The number of carbonyl (C=O) groups excluding carboxylic acids is 2. The van der Waals surface area contributed by atoms with Crippen molar-refractivity contribution >= 4 is 11.9 Å². The molecule has 1 unspecified atom stereocenters. The van der Waals surface area contributed by atoms with E-state index in [1.165, 1.54) is 26.2 Å². The van der Waals surface area contributed by atoms with E-state index in [4.69, 9.17) is 9.47 Å². The minimum absolute atomic E-state index is 0.274. The Morgan fingerprint density at radius 1 is 1.08 bits per heavy atom. The van der Waals surface area contributed by atoms with E-state index in [0.717, 1.165) is 19.3 Å². The van der Waals surface area contributed by atoms with E-state index < -0.39 is 30.2 Å². The summed E-state index contributed by atoms with van der Waals surface area (Å²) < 4.78 is 40.7. The van der Waals surface area contributed by atoms with Crippen molar-refractivity contribution in [1.82, 2.24) is 0 Å². The first-order chi connectivity index (χ1) is 11.7. The van der Waals surface area contributed by atoms with E-state index in [1.54, 1.807) is 0 Å². The van der Waals surface area contributed by atoms with Crippen molar-refractivity contribution in [3.63, 3.8) is 0 Å². The molecule has 0 aromatic carbocycles. The smallest absolute Gasteiger partial charge is 0.353 e. The molecular formula is C18H26F2O5. The summed E-state index contributed by atoms with van der Waals surface area (Å²) in [4.78, 5) is 23.9. The van der Waals surface area contributed by atoms with E-state index >= 15 is 0 Å². The predicted octanol–water partition coefficient (Wildman–Crippen LogP) is 3.31. The topological polar surface area (TPSA) is 61.8 Å². The number of hydrogen-bond donors (Lipinski definition) is 0. The molecule has 0 N–H and O–H groups in total. The molecule has 4 aliphatic rings. The van der Waals surface area contributed by atoms with Crippen LogP contribution >= 0.6 is 0 Å². The van der Waals surface area contributed by atoms with Gasteiger partial charge in [0.1, 0.15) is 6.61 Å². The summed E-state index contributed by atoms with van der Waals surface area (Å²) in [5, 5.41) is 0. The zero-order valence-corrected chi connectivity index (χ0v) is 14.8. The highest BCUT2D eigenvalue weighted by Crippen LogP contribution is 2.60. The van der Waals surface area contributed by atoms with Gasteiger partial charge in [0.05, 0.1) is 12.0 Å². The van der Waals surface area contributed by atoms with Gasteiger partial charge in [0.2, 0.25) is 0 Å². The maximum absolute atomic E-state index is 13.0. The van der Waals surface area contributed by atoms with E-state index in [2.05, 4.69) is 4.74 Å². The highest BCUT2D eigenvalue weighted by atomic mass is 19.3. The maximum Gasteiger partial charge on any atom is 0.353 e. The number of rotatable bonds is 7. The van der Waals surface area contributed by atoms with Gasteiger partial charge in [-0.05, 0) is 56.3 Å². The van der Waals surface area contributed by atoms with Crippen LogP contribution in [-0.4, -0.2) is 37.4 Å². The minimum Gasteiger partial charge on any atom is -0.462 e. The lowest BCUT2D eigenvalue weighted by Gasteiger charge is -2.55. The van der Waals surface area contributed by atoms with Crippen LogP contribution in [0.4, 0.5) is 8.78 Å². The fourth-order valence-electron chi connectivity index (χ4n) is 5.20. The molecule has 4 rings (SSSR count). The molecule has 0 radical (unpaired) electrons. The van der Waals surface area contributed by atoms with Crippen LogP contribution in [0.5, 0.6) is 0 Å². The first-order valence-corrected chi connectivity index (χ1v) is 9.01. The molecular weight excluding hydrogens is 334 g/mol. The standard InChI is InChI=1S/C18H26F2O5/c1-11(21)23-9-15(10-24-17(2,19)20)25-16(22)18-6-12-3-13(7-18)5-14(4-12)8-18/h12-15H,3-10H2,1-2H3. The van der Waals surface area contributed by atoms with Gasteiger partial charge >= 0.3 is 18.0 Å². The second-order valence-electron chi connectivity index (χ2n) is 8.15. The van der Waals surface area contributed by atoms with Gasteiger partial charge in [-0.1, -0.05) is 0 Å². The Kier molecular flexibility index (Phi) is 5.06. The predicted molar refractivity (Wildman–Crippen MR) is 83.7 cm³/mol. The number of ether oxygens (including phenoxy) is 3. The van der Waals surface area contributed by atoms with Gasteiger partial charge in [-0.2, -0.15) is 8.78 Å². The van der Waals surface area contributed by atoms with Gasteiger partial charge in [0.15, 0.2) is 6.10 Å². The molecule has 0 aliphatic heterocycles. The summed E-state index contributed by atoms with van der Waals surface area (Å²) in [6, 6.07) is 0. The Balaban J connectivity index is 1.63. The van der Waals surface area contributed by atoms with E-state index in [9.17, 15) is 18.4 Å². The van der Waals surface area contributed by atoms with Crippen molar-refractivity contribution in [2.24, 2.45) is 23.2 Å². The van der Waals surface area contributed by atoms with Gasteiger partial charge in [-0.3, -0.25) is 9.59 Å². The number of alkyl halides is 2. The van der Waals surface area contributed by atoms with Crippen LogP contribution in [0.25, 0.3) is 0 Å². The normalized spacial score (nSPS) is 34.6. The highest BCUT2D eigenvalue weighted by Gasteiger charge is 2.55. The first-order valence-electron chi connectivity index (χ1n) is 9.01. The molecule has 4 saturated carbocycles. The third kappa shape index (κ3) is 4.49. The first kappa shape index (κ1) is 18.5. The van der Waals surface area contributed by atoms with Crippen LogP contribution in [0, 0.1) is 23.2 Å². The average molecular weight is 360 g/mol. The molecule has 4 aliphatic carbocycles. The van der Waals surface area contributed by atoms with Crippen LogP contribution in [0.15, 0.2) is 0 Å². The quantitative estimate of drug-likeness (QED) is 0.652. The summed E-state index contributed by atoms with van der Waals surface area (Å²) >= 11 is 0. The van der Waals surface area contributed by atoms with Crippen molar-refractivity contribution in [3.05, 3.63) is 0 Å². The molecule has 0 aromatic rings. The van der Waals surface area contributed by atoms with Crippen LogP contribution in [-0.2, 0) is 23.8 Å². The number of esters is 2. The van der Waals surface area contributed by atoms with Crippen LogP contribution in [0.1, 0.15) is 52.4 Å². The lowest BCUT2D eigenvalue weighted by molar-refractivity contribution is -0.242. The Morgan fingerprint density at radius 3 is 2.04 bits per heavy atom. The molecule has 4 fully saturated rings. The average Bonchev–Trinajstić information content (AvgIpc) is 2.47. The molecule has 0 heterocycles. The molecule has 4 bridgehead atoms. The van der Waals surface area contributed by atoms with Gasteiger partial charge < -0.3 is 14.2 Å². The van der Waals surface area contributed by atoms with Crippen molar-refractivity contribution in [2.45, 2.75) is 64.6 Å². The number of carbonyl (C=O) groups is 2. The van der Waals surface area contributed by atoms with Gasteiger partial charge in [-0.25, -0.2) is 0 Å². The molecule has 0 saturated heterocycles. The van der Waals surface area contributed by atoms with Crippen molar-refractivity contribution in [3.8, 4) is 0 Å². The molecule has 5 nitrogen and oxygen atoms in total. The Labute approximate surface area is 146 Å². The third-order valence-electron chi connectivity index (χ3n) is 5.74. The van der Waals surface area contributed by atoms with Crippen LogP contribution in [0.2, 0.25) is 0 Å². The second kappa shape index (κ2) is 6.82. The second-order valence-corrected chi connectivity index (χ2v) is 8.15. The monoisotopic (exact) mass is 360 g/mol. The summed E-state index contributed by atoms with van der Waals surface area (Å²) in [6.07, 6.45) is 1.68.